The van der Waals surface area contributed by atoms with E-state index in [1.807, 2.05) is 19.1 Å². The molecule has 1 atom stereocenters. The standard InChI is InChI=1S/C22H23N5O4S2/c1-14-5-7-17(8-6-14)24-20(29)22-26-25-21(32-22)19-4-3-13-27(19)33(30,31)18-11-9-16(10-12-18)23-15(2)28/h5-12,19H,3-4,13H2,1-2H3,(H,23,28)(H,24,29). The lowest BCUT2D eigenvalue weighted by Crippen LogP contribution is -2.30. The molecular weight excluding hydrogens is 462 g/mol. The molecule has 1 unspecified atom stereocenters. The average molecular weight is 486 g/mol. The van der Waals surface area contributed by atoms with E-state index in [1.54, 1.807) is 24.3 Å². The number of aryl methyl sites for hydroxylation is 1. The van der Waals surface area contributed by atoms with Crippen molar-refractivity contribution < 1.29 is 18.0 Å². The Balaban J connectivity index is 1.51. The minimum Gasteiger partial charge on any atom is -0.326 e. The minimum atomic E-state index is -3.79. The van der Waals surface area contributed by atoms with E-state index in [-0.39, 0.29) is 21.7 Å². The van der Waals surface area contributed by atoms with E-state index in [2.05, 4.69) is 20.8 Å². The molecule has 1 fully saturated rings. The maximum absolute atomic E-state index is 13.3. The second kappa shape index (κ2) is 9.38. The van der Waals surface area contributed by atoms with Gasteiger partial charge in [-0.1, -0.05) is 29.0 Å². The summed E-state index contributed by atoms with van der Waals surface area (Å²) in [5.74, 6) is -0.618. The topological polar surface area (TPSA) is 121 Å². The molecule has 0 aliphatic carbocycles. The normalized spacial score (nSPS) is 16.5. The Hall–Kier alpha value is -3.15. The second-order valence-electron chi connectivity index (χ2n) is 7.74. The van der Waals surface area contributed by atoms with Crippen LogP contribution < -0.4 is 10.6 Å². The molecule has 0 radical (unpaired) electrons. The van der Waals surface area contributed by atoms with E-state index in [9.17, 15) is 18.0 Å². The van der Waals surface area contributed by atoms with Crippen LogP contribution in [0.3, 0.4) is 0 Å². The highest BCUT2D eigenvalue weighted by atomic mass is 32.2. The Morgan fingerprint density at radius 2 is 1.64 bits per heavy atom. The van der Waals surface area contributed by atoms with Crippen molar-refractivity contribution in [1.29, 1.82) is 0 Å². The molecule has 0 spiro atoms. The van der Waals surface area contributed by atoms with Crippen LogP contribution in [-0.4, -0.2) is 41.3 Å². The quantitative estimate of drug-likeness (QED) is 0.550. The minimum absolute atomic E-state index is 0.130. The van der Waals surface area contributed by atoms with Gasteiger partial charge in [0.2, 0.25) is 20.9 Å². The molecule has 33 heavy (non-hydrogen) atoms. The predicted octanol–water partition coefficient (Wildman–Crippen LogP) is 3.58. The summed E-state index contributed by atoms with van der Waals surface area (Å²) in [5.41, 5.74) is 2.25. The molecule has 4 rings (SSSR count). The molecule has 2 aromatic carbocycles. The number of carbonyl (C=O) groups is 2. The van der Waals surface area contributed by atoms with E-state index >= 15 is 0 Å². The number of hydrogen-bond acceptors (Lipinski definition) is 7. The molecule has 2 amide bonds. The molecule has 11 heteroatoms. The SMILES string of the molecule is CC(=O)Nc1ccc(S(=O)(=O)N2CCCC2c2nnc(C(=O)Nc3ccc(C)cc3)s2)cc1. The lowest BCUT2D eigenvalue weighted by molar-refractivity contribution is -0.114. The van der Waals surface area contributed by atoms with E-state index in [4.69, 9.17) is 0 Å². The van der Waals surface area contributed by atoms with Crippen LogP contribution in [0.15, 0.2) is 53.4 Å². The van der Waals surface area contributed by atoms with Crippen molar-refractivity contribution in [1.82, 2.24) is 14.5 Å². The number of amides is 2. The summed E-state index contributed by atoms with van der Waals surface area (Å²) < 4.78 is 28.0. The van der Waals surface area contributed by atoms with Crippen LogP contribution in [0.2, 0.25) is 0 Å². The largest absolute Gasteiger partial charge is 0.326 e. The highest BCUT2D eigenvalue weighted by Crippen LogP contribution is 2.38. The lowest BCUT2D eigenvalue weighted by Gasteiger charge is -2.22. The van der Waals surface area contributed by atoms with Gasteiger partial charge in [0.05, 0.1) is 10.9 Å². The Morgan fingerprint density at radius 1 is 1.00 bits per heavy atom. The van der Waals surface area contributed by atoms with E-state index in [1.165, 1.54) is 23.4 Å². The van der Waals surface area contributed by atoms with Gasteiger partial charge >= 0.3 is 0 Å². The van der Waals surface area contributed by atoms with E-state index < -0.39 is 16.1 Å². The third kappa shape index (κ3) is 5.10. The van der Waals surface area contributed by atoms with Gasteiger partial charge in [0, 0.05) is 24.8 Å². The highest BCUT2D eigenvalue weighted by molar-refractivity contribution is 7.89. The first kappa shape index (κ1) is 23.0. The summed E-state index contributed by atoms with van der Waals surface area (Å²) in [6, 6.07) is 13.0. The van der Waals surface area contributed by atoms with Gasteiger partial charge in [-0.3, -0.25) is 9.59 Å². The zero-order valence-corrected chi connectivity index (χ0v) is 19.7. The van der Waals surface area contributed by atoms with E-state index in [0.717, 1.165) is 16.9 Å². The third-order valence-electron chi connectivity index (χ3n) is 5.21. The van der Waals surface area contributed by atoms with Crippen LogP contribution >= 0.6 is 11.3 Å². The van der Waals surface area contributed by atoms with Gasteiger partial charge < -0.3 is 10.6 Å². The number of sulfonamides is 1. The van der Waals surface area contributed by atoms with Crippen LogP contribution in [0.4, 0.5) is 11.4 Å². The summed E-state index contributed by atoms with van der Waals surface area (Å²) in [6.07, 6.45) is 1.27. The molecule has 3 aromatic rings. The summed E-state index contributed by atoms with van der Waals surface area (Å²) >= 11 is 1.10. The zero-order chi connectivity index (χ0) is 23.6. The predicted molar refractivity (Wildman–Crippen MR) is 126 cm³/mol. The number of rotatable bonds is 6. The van der Waals surface area contributed by atoms with Gasteiger partial charge in [-0.25, -0.2) is 8.42 Å². The fourth-order valence-corrected chi connectivity index (χ4v) is 6.22. The number of anilines is 2. The molecule has 1 saturated heterocycles. The Bertz CT molecular complexity index is 1270. The van der Waals surface area contributed by atoms with Gasteiger partial charge in [0.15, 0.2) is 0 Å². The fourth-order valence-electron chi connectivity index (χ4n) is 3.61. The van der Waals surface area contributed by atoms with Crippen molar-refractivity contribution in [2.75, 3.05) is 17.2 Å². The lowest BCUT2D eigenvalue weighted by atomic mass is 10.2. The molecule has 0 saturated carbocycles. The number of nitrogens with one attached hydrogen (secondary N) is 2. The van der Waals surface area contributed by atoms with E-state index in [0.29, 0.717) is 35.8 Å². The van der Waals surface area contributed by atoms with Crippen LogP contribution in [0.25, 0.3) is 0 Å². The average Bonchev–Trinajstić information content (AvgIpc) is 3.45. The zero-order valence-electron chi connectivity index (χ0n) is 18.1. The second-order valence-corrected chi connectivity index (χ2v) is 10.6. The van der Waals surface area contributed by atoms with Gasteiger partial charge in [-0.2, -0.15) is 4.31 Å². The third-order valence-corrected chi connectivity index (χ3v) is 8.16. The number of benzene rings is 2. The number of hydrogen-bond donors (Lipinski definition) is 2. The van der Waals surface area contributed by atoms with Crippen LogP contribution in [0.1, 0.15) is 46.2 Å². The summed E-state index contributed by atoms with van der Waals surface area (Å²) in [7, 11) is -3.79. The first-order valence-electron chi connectivity index (χ1n) is 10.3. The van der Waals surface area contributed by atoms with Crippen molar-refractivity contribution in [3.05, 3.63) is 64.1 Å². The van der Waals surface area contributed by atoms with Crippen LogP contribution in [-0.2, 0) is 14.8 Å². The highest BCUT2D eigenvalue weighted by Gasteiger charge is 2.38. The summed E-state index contributed by atoms with van der Waals surface area (Å²) in [5, 5.41) is 14.2. The number of aromatic nitrogens is 2. The van der Waals surface area contributed by atoms with Crippen LogP contribution in [0.5, 0.6) is 0 Å². The molecule has 1 aliphatic heterocycles. The molecular formula is C22H23N5O4S2. The molecule has 1 aliphatic rings. The maximum atomic E-state index is 13.3. The van der Waals surface area contributed by atoms with Crippen molar-refractivity contribution in [3.63, 3.8) is 0 Å². The first-order chi connectivity index (χ1) is 15.7. The molecule has 1 aromatic heterocycles. The van der Waals surface area contributed by atoms with Gasteiger partial charge in [0.1, 0.15) is 5.01 Å². The van der Waals surface area contributed by atoms with Crippen LogP contribution in [0, 0.1) is 6.92 Å². The van der Waals surface area contributed by atoms with Gasteiger partial charge in [0.25, 0.3) is 5.91 Å². The fraction of sp³-hybridized carbons (Fsp3) is 0.273. The van der Waals surface area contributed by atoms with Gasteiger partial charge in [-0.05, 0) is 56.2 Å². The van der Waals surface area contributed by atoms with Crippen molar-refractivity contribution >= 4 is 44.5 Å². The summed E-state index contributed by atoms with van der Waals surface area (Å²) in [6.45, 7) is 3.70. The Morgan fingerprint density at radius 3 is 2.30 bits per heavy atom. The molecule has 2 heterocycles. The van der Waals surface area contributed by atoms with Crippen molar-refractivity contribution in [2.45, 2.75) is 37.6 Å². The first-order valence-corrected chi connectivity index (χ1v) is 12.6. The molecule has 2 N–H and O–H groups in total. The van der Waals surface area contributed by atoms with Crippen molar-refractivity contribution in [2.24, 2.45) is 0 Å². The van der Waals surface area contributed by atoms with Gasteiger partial charge in [-0.15, -0.1) is 10.2 Å². The molecule has 172 valence electrons. The molecule has 0 bridgehead atoms. The maximum Gasteiger partial charge on any atom is 0.286 e. The monoisotopic (exact) mass is 485 g/mol. The van der Waals surface area contributed by atoms with Crippen molar-refractivity contribution in [3.8, 4) is 0 Å². The molecule has 9 nitrogen and oxygen atoms in total. The Labute approximate surface area is 195 Å². The Kier molecular flexibility index (Phi) is 6.54. The summed E-state index contributed by atoms with van der Waals surface area (Å²) in [4.78, 5) is 23.9. The number of carbonyl (C=O) groups excluding carboxylic acids is 2. The number of nitrogens with zero attached hydrogens (tertiary/aromatic N) is 3. The smallest absolute Gasteiger partial charge is 0.286 e.